The largest absolute Gasteiger partial charge is 0.393 e. The van der Waals surface area contributed by atoms with Crippen LogP contribution in [0.15, 0.2) is 10.6 Å². The van der Waals surface area contributed by atoms with Gasteiger partial charge in [0.05, 0.1) is 6.10 Å². The van der Waals surface area contributed by atoms with Crippen LogP contribution in [-0.2, 0) is 0 Å². The van der Waals surface area contributed by atoms with E-state index in [1.807, 2.05) is 6.92 Å². The molecular formula is C13H21BrO. The second-order valence-corrected chi connectivity index (χ2v) is 5.98. The number of rotatable bonds is 1. The van der Waals surface area contributed by atoms with Gasteiger partial charge >= 0.3 is 0 Å². The molecule has 0 spiro atoms. The van der Waals surface area contributed by atoms with Crippen molar-refractivity contribution in [3.8, 4) is 0 Å². The lowest BCUT2D eigenvalue weighted by atomic mass is 9.63. The fourth-order valence-electron chi connectivity index (χ4n) is 4.00. The topological polar surface area (TPSA) is 20.2 Å². The molecule has 0 amide bonds. The fourth-order valence-corrected chi connectivity index (χ4v) is 4.55. The number of aliphatic hydroxyl groups excluding tert-OH is 1. The van der Waals surface area contributed by atoms with Crippen molar-refractivity contribution in [2.45, 2.75) is 52.1 Å². The fraction of sp³-hybridized carbons (Fsp3) is 0.846. The van der Waals surface area contributed by atoms with Crippen LogP contribution in [0.4, 0.5) is 0 Å². The molecule has 2 rings (SSSR count). The highest BCUT2D eigenvalue weighted by Gasteiger charge is 2.50. The highest BCUT2D eigenvalue weighted by atomic mass is 79.9. The molecule has 2 aliphatic rings. The number of halogens is 1. The van der Waals surface area contributed by atoms with Gasteiger partial charge in [0.25, 0.3) is 0 Å². The first kappa shape index (κ1) is 11.7. The first-order valence-corrected chi connectivity index (χ1v) is 6.98. The minimum atomic E-state index is -0.144. The Bertz CT molecular complexity index is 272. The van der Waals surface area contributed by atoms with Crippen LogP contribution in [0.1, 0.15) is 46.0 Å². The highest BCUT2D eigenvalue weighted by Crippen LogP contribution is 2.58. The van der Waals surface area contributed by atoms with Crippen molar-refractivity contribution in [2.24, 2.45) is 17.3 Å². The number of hydrogen-bond acceptors (Lipinski definition) is 1. The molecule has 15 heavy (non-hydrogen) atoms. The summed E-state index contributed by atoms with van der Waals surface area (Å²) in [7, 11) is 0. The number of hydrogen-bond donors (Lipinski definition) is 1. The van der Waals surface area contributed by atoms with Crippen molar-refractivity contribution < 1.29 is 5.11 Å². The zero-order valence-electron chi connectivity index (χ0n) is 9.67. The van der Waals surface area contributed by atoms with Crippen LogP contribution in [0.2, 0.25) is 0 Å². The van der Waals surface area contributed by atoms with Crippen molar-refractivity contribution in [3.05, 3.63) is 10.6 Å². The molecule has 0 aromatic carbocycles. The maximum Gasteiger partial charge on any atom is 0.0545 e. The van der Waals surface area contributed by atoms with E-state index >= 15 is 0 Å². The Labute approximate surface area is 101 Å². The summed E-state index contributed by atoms with van der Waals surface area (Å²) in [5.74, 6) is 1.22. The highest BCUT2D eigenvalue weighted by molar-refractivity contribution is 9.11. The normalized spacial score (nSPS) is 45.5. The smallest absolute Gasteiger partial charge is 0.0545 e. The Morgan fingerprint density at radius 3 is 2.87 bits per heavy atom. The molecule has 0 aliphatic heterocycles. The van der Waals surface area contributed by atoms with Crippen molar-refractivity contribution >= 4 is 15.9 Å². The minimum absolute atomic E-state index is 0.144. The van der Waals surface area contributed by atoms with E-state index in [-0.39, 0.29) is 6.10 Å². The van der Waals surface area contributed by atoms with E-state index in [0.717, 1.165) is 0 Å². The van der Waals surface area contributed by atoms with E-state index in [1.54, 1.807) is 5.57 Å². The Morgan fingerprint density at radius 1 is 1.53 bits per heavy atom. The molecule has 4 atom stereocenters. The van der Waals surface area contributed by atoms with Gasteiger partial charge in [-0.05, 0) is 61.3 Å². The molecule has 2 aliphatic carbocycles. The quantitative estimate of drug-likeness (QED) is 0.769. The zero-order valence-corrected chi connectivity index (χ0v) is 11.3. The van der Waals surface area contributed by atoms with Gasteiger partial charge in [-0.25, -0.2) is 0 Å². The monoisotopic (exact) mass is 272 g/mol. The molecule has 1 nitrogen and oxygen atoms in total. The van der Waals surface area contributed by atoms with Gasteiger partial charge in [0, 0.05) is 0 Å². The lowest BCUT2D eigenvalue weighted by Gasteiger charge is -2.43. The molecule has 1 unspecified atom stereocenters. The van der Waals surface area contributed by atoms with Crippen molar-refractivity contribution in [1.82, 2.24) is 0 Å². The molecule has 1 N–H and O–H groups in total. The predicted molar refractivity (Wildman–Crippen MR) is 66.9 cm³/mol. The van der Waals surface area contributed by atoms with Crippen molar-refractivity contribution in [1.29, 1.82) is 0 Å². The summed E-state index contributed by atoms with van der Waals surface area (Å²) >= 11 is 3.50. The van der Waals surface area contributed by atoms with E-state index in [2.05, 4.69) is 27.8 Å². The summed E-state index contributed by atoms with van der Waals surface area (Å²) in [5.41, 5.74) is 1.93. The Kier molecular flexibility index (Phi) is 3.27. The lowest BCUT2D eigenvalue weighted by molar-refractivity contribution is 0.0303. The van der Waals surface area contributed by atoms with Crippen molar-refractivity contribution in [3.63, 3.8) is 0 Å². The summed E-state index contributed by atoms with van der Waals surface area (Å²) in [6, 6.07) is 0. The van der Waals surface area contributed by atoms with Gasteiger partial charge in [0.15, 0.2) is 0 Å². The molecule has 0 aromatic rings. The molecule has 2 saturated carbocycles. The molecule has 0 bridgehead atoms. The third kappa shape index (κ3) is 1.80. The second kappa shape index (κ2) is 4.21. The van der Waals surface area contributed by atoms with Gasteiger partial charge in [-0.3, -0.25) is 0 Å². The van der Waals surface area contributed by atoms with E-state index in [4.69, 9.17) is 0 Å². The maximum atomic E-state index is 9.88. The number of allylic oxidation sites excluding steroid dienone is 1. The van der Waals surface area contributed by atoms with Crippen molar-refractivity contribution in [2.75, 3.05) is 0 Å². The van der Waals surface area contributed by atoms with Gasteiger partial charge in [-0.2, -0.15) is 0 Å². The van der Waals surface area contributed by atoms with E-state index in [0.29, 0.717) is 17.3 Å². The molecule has 2 fully saturated rings. The van der Waals surface area contributed by atoms with Gasteiger partial charge in [-0.15, -0.1) is 0 Å². The van der Waals surface area contributed by atoms with E-state index in [1.165, 1.54) is 32.1 Å². The van der Waals surface area contributed by atoms with Crippen LogP contribution < -0.4 is 0 Å². The Morgan fingerprint density at radius 2 is 2.27 bits per heavy atom. The second-order valence-electron chi connectivity index (χ2n) is 5.52. The molecule has 0 heterocycles. The van der Waals surface area contributed by atoms with Gasteiger partial charge < -0.3 is 5.11 Å². The minimum Gasteiger partial charge on any atom is -0.393 e. The Balaban J connectivity index is 2.27. The van der Waals surface area contributed by atoms with Crippen LogP contribution in [0.25, 0.3) is 0 Å². The number of aliphatic hydroxyl groups is 1. The average Bonchev–Trinajstić information content (AvgIpc) is 2.54. The van der Waals surface area contributed by atoms with Crippen LogP contribution >= 0.6 is 15.9 Å². The number of fused-ring (bicyclic) bond motifs is 1. The van der Waals surface area contributed by atoms with Crippen LogP contribution in [0.5, 0.6) is 0 Å². The lowest BCUT2D eigenvalue weighted by Crippen LogP contribution is -2.37. The standard InChI is InChI=1S/C13H21BrO/c1-9(15)11-5-6-12-10(8-14)4-3-7-13(11,12)2/h8-9,11-12,15H,3-7H2,1-2H3/t9-,11-,12?,13-/m1/s1. The average molecular weight is 273 g/mol. The van der Waals surface area contributed by atoms with Crippen LogP contribution in [0.3, 0.4) is 0 Å². The summed E-state index contributed by atoms with van der Waals surface area (Å²) in [6.45, 7) is 4.35. The molecular weight excluding hydrogens is 252 g/mol. The molecule has 2 heteroatoms. The van der Waals surface area contributed by atoms with E-state index < -0.39 is 0 Å². The third-order valence-electron chi connectivity index (χ3n) is 4.76. The molecule has 0 radical (unpaired) electrons. The van der Waals surface area contributed by atoms with Gasteiger partial charge in [0.1, 0.15) is 0 Å². The molecule has 0 saturated heterocycles. The molecule has 86 valence electrons. The van der Waals surface area contributed by atoms with Crippen LogP contribution in [-0.4, -0.2) is 11.2 Å². The SMILES string of the molecule is C[C@@H](O)[C@H]1CCC2C(=CBr)CCC[C@@]21C. The summed E-state index contributed by atoms with van der Waals surface area (Å²) < 4.78 is 0. The maximum absolute atomic E-state index is 9.88. The molecule has 0 aromatic heterocycles. The van der Waals surface area contributed by atoms with Gasteiger partial charge in [-0.1, -0.05) is 28.4 Å². The first-order chi connectivity index (χ1) is 7.09. The Hall–Kier alpha value is 0.180. The van der Waals surface area contributed by atoms with Crippen LogP contribution in [0, 0.1) is 17.3 Å². The summed E-state index contributed by atoms with van der Waals surface area (Å²) in [6.07, 6.45) is 6.14. The first-order valence-electron chi connectivity index (χ1n) is 6.07. The van der Waals surface area contributed by atoms with E-state index in [9.17, 15) is 5.11 Å². The predicted octanol–water partition coefficient (Wildman–Crippen LogP) is 3.86. The summed E-state index contributed by atoms with van der Waals surface area (Å²) in [5, 5.41) is 9.88. The summed E-state index contributed by atoms with van der Waals surface area (Å²) in [4.78, 5) is 2.14. The zero-order chi connectivity index (χ0) is 11.1. The third-order valence-corrected chi connectivity index (χ3v) is 5.35. The van der Waals surface area contributed by atoms with Gasteiger partial charge in [0.2, 0.25) is 0 Å².